The average Bonchev–Trinajstić information content (AvgIpc) is 2.10. The fourth-order valence-electron chi connectivity index (χ4n) is 1.13. The second kappa shape index (κ2) is 11.9. The van der Waals surface area contributed by atoms with E-state index in [1.807, 2.05) is 0 Å². The topological polar surface area (TPSA) is 0 Å². The van der Waals surface area contributed by atoms with E-state index in [1.165, 1.54) is 50.8 Å². The second-order valence-corrected chi connectivity index (χ2v) is 6.43. The van der Waals surface area contributed by atoms with Gasteiger partial charge in [-0.05, 0) is 35.3 Å². The second-order valence-electron chi connectivity index (χ2n) is 3.09. The minimum Gasteiger partial charge on any atom is -0.0654 e. The number of unbranched alkanes of at least 4 members (excludes halogenated alkanes) is 5. The van der Waals surface area contributed by atoms with Crippen LogP contribution in [0.15, 0.2) is 0 Å². The normalized spacial score (nSPS) is 12.5. The molecule has 0 spiro atoms. The predicted octanol–water partition coefficient (Wildman–Crippen LogP) is 5.17. The molecule has 0 rings (SSSR count). The zero-order valence-electron chi connectivity index (χ0n) is 8.55. The lowest BCUT2D eigenvalue weighted by atomic mass is 10.1. The summed E-state index contributed by atoms with van der Waals surface area (Å²) in [5.74, 6) is 0. The van der Waals surface area contributed by atoms with Crippen molar-refractivity contribution < 1.29 is 0 Å². The first-order valence-electron chi connectivity index (χ1n) is 5.25. The van der Waals surface area contributed by atoms with E-state index in [9.17, 15) is 0 Å². The molecule has 12 heavy (non-hydrogen) atoms. The summed E-state index contributed by atoms with van der Waals surface area (Å²) in [4.78, 5) is 0. The first kappa shape index (κ1) is 12.9. The monoisotopic (exact) mass is 204 g/mol. The van der Waals surface area contributed by atoms with E-state index in [4.69, 9.17) is 0 Å². The lowest BCUT2D eigenvalue weighted by Crippen LogP contribution is -1.79. The molecule has 0 amide bonds. The zero-order chi connectivity index (χ0) is 9.07. The molecular weight excluding hydrogens is 182 g/mol. The van der Waals surface area contributed by atoms with Crippen LogP contribution < -0.4 is 0 Å². The van der Waals surface area contributed by atoms with Crippen molar-refractivity contribution in [2.75, 3.05) is 12.3 Å². The van der Waals surface area contributed by atoms with Gasteiger partial charge >= 0.3 is 0 Å². The molecule has 0 atom stereocenters. The quantitative estimate of drug-likeness (QED) is 0.359. The Kier molecular flexibility index (Phi) is 12.7. The lowest BCUT2D eigenvalue weighted by Gasteiger charge is -1.99. The molecule has 0 heterocycles. The van der Waals surface area contributed by atoms with Crippen LogP contribution in [0.3, 0.4) is 0 Å². The van der Waals surface area contributed by atoms with Gasteiger partial charge in [0.2, 0.25) is 0 Å². The van der Waals surface area contributed by atoms with Gasteiger partial charge in [-0.25, -0.2) is 0 Å². The van der Waals surface area contributed by atoms with Gasteiger partial charge in [-0.3, -0.25) is 0 Å². The smallest absolute Gasteiger partial charge is 0.0242 e. The van der Waals surface area contributed by atoms with Crippen LogP contribution in [0.5, 0.6) is 0 Å². The summed E-state index contributed by atoms with van der Waals surface area (Å²) < 4.78 is 0. The Morgan fingerprint density at radius 3 is 2.08 bits per heavy atom. The molecule has 0 saturated carbocycles. The van der Waals surface area contributed by atoms with Crippen molar-refractivity contribution in [1.82, 2.24) is 0 Å². The van der Waals surface area contributed by atoms with E-state index >= 15 is 0 Å². The molecule has 0 aliphatic rings. The van der Waals surface area contributed by atoms with Gasteiger partial charge in [0.25, 0.3) is 0 Å². The van der Waals surface area contributed by atoms with Crippen LogP contribution in [-0.4, -0.2) is 12.3 Å². The van der Waals surface area contributed by atoms with Crippen LogP contribution in [0.4, 0.5) is 0 Å². The highest BCUT2D eigenvalue weighted by Crippen LogP contribution is 2.36. The standard InChI is InChI=1S/C10H22P2/c1-3-5-6-7-8-9-10-12-11-4-2/h3-10H2,1-2H3. The lowest BCUT2D eigenvalue weighted by molar-refractivity contribution is 0.627. The first-order chi connectivity index (χ1) is 5.91. The molecule has 0 unspecified atom stereocenters. The van der Waals surface area contributed by atoms with Gasteiger partial charge in [0, 0.05) is 0 Å². The fraction of sp³-hybridized carbons (Fsp3) is 1.00. The SMILES string of the molecule is CCCCCCCC[P][P]CC. The molecule has 0 aromatic carbocycles. The molecule has 0 fully saturated rings. The minimum atomic E-state index is 1.33. The van der Waals surface area contributed by atoms with Crippen molar-refractivity contribution in [3.05, 3.63) is 0 Å². The van der Waals surface area contributed by atoms with E-state index in [0.29, 0.717) is 0 Å². The first-order valence-corrected chi connectivity index (χ1v) is 8.11. The molecule has 0 saturated heterocycles. The third kappa shape index (κ3) is 10.9. The molecular formula is C10H22P2. The maximum absolute atomic E-state index is 2.28. The van der Waals surface area contributed by atoms with Crippen molar-refractivity contribution in [3.63, 3.8) is 0 Å². The highest BCUT2D eigenvalue weighted by atomic mass is 32.0. The molecule has 0 N–H and O–H groups in total. The van der Waals surface area contributed by atoms with Gasteiger partial charge in [0.1, 0.15) is 0 Å². The van der Waals surface area contributed by atoms with Crippen LogP contribution in [-0.2, 0) is 0 Å². The summed E-state index contributed by atoms with van der Waals surface area (Å²) in [5, 5.41) is 0. The molecule has 0 aliphatic heterocycles. The van der Waals surface area contributed by atoms with Crippen LogP contribution >= 0.6 is 16.5 Å². The van der Waals surface area contributed by atoms with Crippen molar-refractivity contribution in [2.24, 2.45) is 0 Å². The Morgan fingerprint density at radius 2 is 1.42 bits per heavy atom. The molecule has 2 heteroatoms. The van der Waals surface area contributed by atoms with Crippen molar-refractivity contribution in [1.29, 1.82) is 0 Å². The summed E-state index contributed by atoms with van der Waals surface area (Å²) in [7, 11) is 3.28. The van der Waals surface area contributed by atoms with Gasteiger partial charge in [0.05, 0.1) is 0 Å². The van der Waals surface area contributed by atoms with Crippen LogP contribution in [0.1, 0.15) is 52.4 Å². The Hall–Kier alpha value is 0.860. The number of hydrogen-bond acceptors (Lipinski definition) is 0. The van der Waals surface area contributed by atoms with Gasteiger partial charge in [-0.1, -0.05) is 46.0 Å². The largest absolute Gasteiger partial charge is 0.0654 e. The van der Waals surface area contributed by atoms with E-state index in [0.717, 1.165) is 0 Å². The van der Waals surface area contributed by atoms with Crippen LogP contribution in [0.25, 0.3) is 0 Å². The molecule has 0 nitrogen and oxygen atoms in total. The van der Waals surface area contributed by atoms with E-state index < -0.39 is 0 Å². The molecule has 2 radical (unpaired) electrons. The summed E-state index contributed by atoms with van der Waals surface area (Å²) in [6.07, 6.45) is 11.4. The van der Waals surface area contributed by atoms with Gasteiger partial charge in [-0.15, -0.1) is 0 Å². The Balaban J connectivity index is 2.73. The summed E-state index contributed by atoms with van der Waals surface area (Å²) in [6, 6.07) is 0. The van der Waals surface area contributed by atoms with E-state index in [1.54, 1.807) is 16.5 Å². The Morgan fingerprint density at radius 1 is 0.750 bits per heavy atom. The molecule has 0 aromatic rings. The van der Waals surface area contributed by atoms with E-state index in [2.05, 4.69) is 13.8 Å². The Labute approximate surface area is 81.7 Å². The number of hydrogen-bond donors (Lipinski definition) is 0. The third-order valence-electron chi connectivity index (χ3n) is 1.85. The van der Waals surface area contributed by atoms with Crippen molar-refractivity contribution in [3.8, 4) is 0 Å². The average molecular weight is 204 g/mol. The summed E-state index contributed by atoms with van der Waals surface area (Å²) in [6.45, 7) is 4.54. The zero-order valence-corrected chi connectivity index (χ0v) is 10.3. The van der Waals surface area contributed by atoms with Crippen molar-refractivity contribution in [2.45, 2.75) is 52.4 Å². The fourth-order valence-corrected chi connectivity index (χ4v) is 3.29. The highest BCUT2D eigenvalue weighted by Gasteiger charge is 1.90. The summed E-state index contributed by atoms with van der Waals surface area (Å²) >= 11 is 0. The van der Waals surface area contributed by atoms with Gasteiger partial charge in [0.15, 0.2) is 0 Å². The number of rotatable bonds is 9. The molecule has 0 bridgehead atoms. The van der Waals surface area contributed by atoms with Gasteiger partial charge < -0.3 is 0 Å². The molecule has 0 aliphatic carbocycles. The van der Waals surface area contributed by atoms with Crippen LogP contribution in [0.2, 0.25) is 0 Å². The maximum atomic E-state index is 2.28. The predicted molar refractivity (Wildman–Crippen MR) is 62.6 cm³/mol. The van der Waals surface area contributed by atoms with Gasteiger partial charge in [-0.2, -0.15) is 0 Å². The molecule has 72 valence electrons. The Bertz CT molecular complexity index is 64.2. The third-order valence-corrected chi connectivity index (χ3v) is 4.90. The summed E-state index contributed by atoms with van der Waals surface area (Å²) in [5.41, 5.74) is 0. The minimum absolute atomic E-state index is 1.33. The molecule has 0 aromatic heterocycles. The van der Waals surface area contributed by atoms with Crippen LogP contribution in [0, 0.1) is 0 Å². The van der Waals surface area contributed by atoms with E-state index in [-0.39, 0.29) is 0 Å². The highest BCUT2D eigenvalue weighted by molar-refractivity contribution is 8.11. The van der Waals surface area contributed by atoms with Crippen molar-refractivity contribution >= 4 is 16.5 Å². The maximum Gasteiger partial charge on any atom is -0.0242 e.